The standard InChI is InChI=1S/C18H24/c1-3-9-15(10-4-1)17-13-7-8-14-18(17)16-11-5-2-6-12-16/h1-5,7-9,15-18H,6,10-14H2. The highest BCUT2D eigenvalue weighted by Gasteiger charge is 2.33. The van der Waals surface area contributed by atoms with Crippen LogP contribution in [-0.4, -0.2) is 0 Å². The zero-order chi connectivity index (χ0) is 12.2. The van der Waals surface area contributed by atoms with Crippen LogP contribution < -0.4 is 0 Å². The van der Waals surface area contributed by atoms with Crippen LogP contribution in [0.5, 0.6) is 0 Å². The SMILES string of the molecule is C1=CCC(C2CC=CCC2C2CC=CCC2)C=C1. The highest BCUT2D eigenvalue weighted by Crippen LogP contribution is 2.43. The molecular formula is C18H24. The lowest BCUT2D eigenvalue weighted by Gasteiger charge is -2.39. The molecule has 0 nitrogen and oxygen atoms in total. The highest BCUT2D eigenvalue weighted by molar-refractivity contribution is 5.14. The molecule has 0 N–H and O–H groups in total. The Bertz CT molecular complexity index is 383. The van der Waals surface area contributed by atoms with Gasteiger partial charge < -0.3 is 0 Å². The van der Waals surface area contributed by atoms with Crippen molar-refractivity contribution in [1.82, 2.24) is 0 Å². The Morgan fingerprint density at radius 3 is 2.22 bits per heavy atom. The van der Waals surface area contributed by atoms with Gasteiger partial charge in [-0.1, -0.05) is 48.6 Å². The van der Waals surface area contributed by atoms with Crippen LogP contribution in [0.15, 0.2) is 48.6 Å². The lowest BCUT2D eigenvalue weighted by atomic mass is 9.66. The first-order chi connectivity index (χ1) is 8.95. The average molecular weight is 240 g/mol. The molecule has 4 atom stereocenters. The van der Waals surface area contributed by atoms with E-state index in [2.05, 4.69) is 48.6 Å². The fraction of sp³-hybridized carbons (Fsp3) is 0.556. The van der Waals surface area contributed by atoms with Gasteiger partial charge in [0.2, 0.25) is 0 Å². The number of rotatable bonds is 2. The lowest BCUT2D eigenvalue weighted by Crippen LogP contribution is -2.30. The summed E-state index contributed by atoms with van der Waals surface area (Å²) in [5, 5.41) is 0. The summed E-state index contributed by atoms with van der Waals surface area (Å²) in [7, 11) is 0. The second-order valence-electron chi connectivity index (χ2n) is 6.03. The molecule has 0 aromatic rings. The molecule has 0 heterocycles. The van der Waals surface area contributed by atoms with Crippen molar-refractivity contribution in [2.24, 2.45) is 23.7 Å². The van der Waals surface area contributed by atoms with Crippen LogP contribution in [0.4, 0.5) is 0 Å². The molecule has 0 spiro atoms. The fourth-order valence-electron chi connectivity index (χ4n) is 4.01. The minimum atomic E-state index is 0.788. The summed E-state index contributed by atoms with van der Waals surface area (Å²) in [5.74, 6) is 3.52. The van der Waals surface area contributed by atoms with Gasteiger partial charge in [0, 0.05) is 0 Å². The fourth-order valence-corrected chi connectivity index (χ4v) is 4.01. The first-order valence-corrected chi connectivity index (χ1v) is 7.58. The van der Waals surface area contributed by atoms with Gasteiger partial charge in [0.15, 0.2) is 0 Å². The normalized spacial score (nSPS) is 39.1. The largest absolute Gasteiger partial charge is 0.0885 e. The molecule has 96 valence electrons. The molecular weight excluding hydrogens is 216 g/mol. The molecule has 0 aliphatic heterocycles. The van der Waals surface area contributed by atoms with Crippen molar-refractivity contribution in [3.8, 4) is 0 Å². The predicted molar refractivity (Wildman–Crippen MR) is 78.2 cm³/mol. The molecule has 4 unspecified atom stereocenters. The van der Waals surface area contributed by atoms with E-state index in [0.717, 1.165) is 23.7 Å². The molecule has 0 aromatic heterocycles. The van der Waals surface area contributed by atoms with E-state index >= 15 is 0 Å². The number of hydrogen-bond acceptors (Lipinski definition) is 0. The molecule has 3 aliphatic rings. The number of allylic oxidation sites excluding steroid dienone is 8. The monoisotopic (exact) mass is 240 g/mol. The van der Waals surface area contributed by atoms with Gasteiger partial charge in [-0.15, -0.1) is 0 Å². The first kappa shape index (κ1) is 12.0. The third-order valence-corrected chi connectivity index (χ3v) is 5.01. The van der Waals surface area contributed by atoms with Crippen LogP contribution in [0.3, 0.4) is 0 Å². The van der Waals surface area contributed by atoms with Crippen LogP contribution >= 0.6 is 0 Å². The van der Waals surface area contributed by atoms with E-state index in [4.69, 9.17) is 0 Å². The van der Waals surface area contributed by atoms with Crippen LogP contribution in [-0.2, 0) is 0 Å². The van der Waals surface area contributed by atoms with Gasteiger partial charge in [-0.3, -0.25) is 0 Å². The van der Waals surface area contributed by atoms with Crippen molar-refractivity contribution in [1.29, 1.82) is 0 Å². The maximum absolute atomic E-state index is 2.45. The summed E-state index contributed by atoms with van der Waals surface area (Å²) in [6.45, 7) is 0. The lowest BCUT2D eigenvalue weighted by molar-refractivity contribution is 0.166. The summed E-state index contributed by atoms with van der Waals surface area (Å²) in [6, 6.07) is 0. The third kappa shape index (κ3) is 2.53. The first-order valence-electron chi connectivity index (χ1n) is 7.58. The summed E-state index contributed by atoms with van der Waals surface area (Å²) < 4.78 is 0. The van der Waals surface area contributed by atoms with Crippen molar-refractivity contribution in [2.75, 3.05) is 0 Å². The quantitative estimate of drug-likeness (QED) is 0.592. The van der Waals surface area contributed by atoms with Gasteiger partial charge >= 0.3 is 0 Å². The molecule has 18 heavy (non-hydrogen) atoms. The molecule has 0 bridgehead atoms. The van der Waals surface area contributed by atoms with Gasteiger partial charge in [0.05, 0.1) is 0 Å². The third-order valence-electron chi connectivity index (χ3n) is 5.01. The Morgan fingerprint density at radius 1 is 0.667 bits per heavy atom. The van der Waals surface area contributed by atoms with Crippen LogP contribution in [0.25, 0.3) is 0 Å². The van der Waals surface area contributed by atoms with E-state index in [1.807, 2.05) is 0 Å². The van der Waals surface area contributed by atoms with Crippen LogP contribution in [0.2, 0.25) is 0 Å². The van der Waals surface area contributed by atoms with Crippen molar-refractivity contribution in [3.05, 3.63) is 48.6 Å². The smallest absolute Gasteiger partial charge is 0.0162 e. The molecule has 0 radical (unpaired) electrons. The zero-order valence-corrected chi connectivity index (χ0v) is 11.2. The predicted octanol–water partition coefficient (Wildman–Crippen LogP) is 5.06. The molecule has 0 aromatic carbocycles. The van der Waals surface area contributed by atoms with Crippen molar-refractivity contribution in [3.63, 3.8) is 0 Å². The second-order valence-corrected chi connectivity index (χ2v) is 6.03. The van der Waals surface area contributed by atoms with E-state index in [1.54, 1.807) is 0 Å². The van der Waals surface area contributed by atoms with Crippen LogP contribution in [0.1, 0.15) is 38.5 Å². The van der Waals surface area contributed by atoms with Gasteiger partial charge in [-0.2, -0.15) is 0 Å². The topological polar surface area (TPSA) is 0 Å². The van der Waals surface area contributed by atoms with Gasteiger partial charge in [0.1, 0.15) is 0 Å². The summed E-state index contributed by atoms with van der Waals surface area (Å²) >= 11 is 0. The van der Waals surface area contributed by atoms with Gasteiger partial charge in [-0.05, 0) is 62.2 Å². The summed E-state index contributed by atoms with van der Waals surface area (Å²) in [5.41, 5.74) is 0. The van der Waals surface area contributed by atoms with Gasteiger partial charge in [-0.25, -0.2) is 0 Å². The van der Waals surface area contributed by atoms with E-state index in [0.29, 0.717) is 0 Å². The Balaban J connectivity index is 1.73. The van der Waals surface area contributed by atoms with Crippen molar-refractivity contribution in [2.45, 2.75) is 38.5 Å². The van der Waals surface area contributed by atoms with Crippen molar-refractivity contribution >= 4 is 0 Å². The maximum Gasteiger partial charge on any atom is -0.0162 e. The molecule has 0 saturated carbocycles. The molecule has 0 fully saturated rings. The molecule has 3 rings (SSSR count). The Kier molecular flexibility index (Phi) is 3.83. The Hall–Kier alpha value is -1.04. The van der Waals surface area contributed by atoms with E-state index < -0.39 is 0 Å². The van der Waals surface area contributed by atoms with E-state index in [1.165, 1.54) is 38.5 Å². The summed E-state index contributed by atoms with van der Waals surface area (Å²) in [6.07, 6.45) is 26.8. The van der Waals surface area contributed by atoms with Crippen molar-refractivity contribution < 1.29 is 0 Å². The highest BCUT2D eigenvalue weighted by atomic mass is 14.4. The minimum Gasteiger partial charge on any atom is -0.0885 e. The molecule has 0 amide bonds. The minimum absolute atomic E-state index is 0.788. The van der Waals surface area contributed by atoms with Crippen LogP contribution in [0, 0.1) is 23.7 Å². The summed E-state index contributed by atoms with van der Waals surface area (Å²) in [4.78, 5) is 0. The number of hydrogen-bond donors (Lipinski definition) is 0. The molecule has 0 heteroatoms. The van der Waals surface area contributed by atoms with E-state index in [9.17, 15) is 0 Å². The average Bonchev–Trinajstić information content (AvgIpc) is 2.49. The van der Waals surface area contributed by atoms with Gasteiger partial charge in [0.25, 0.3) is 0 Å². The molecule has 3 aliphatic carbocycles. The zero-order valence-electron chi connectivity index (χ0n) is 11.2. The maximum atomic E-state index is 2.45. The molecule has 0 saturated heterocycles. The second kappa shape index (κ2) is 5.73. The Labute approximate surface area is 111 Å². The Morgan fingerprint density at radius 2 is 1.50 bits per heavy atom. The van der Waals surface area contributed by atoms with E-state index in [-0.39, 0.29) is 0 Å².